The van der Waals surface area contributed by atoms with E-state index in [0.29, 0.717) is 6.54 Å². The van der Waals surface area contributed by atoms with Gasteiger partial charge < -0.3 is 16.5 Å². The van der Waals surface area contributed by atoms with Crippen molar-refractivity contribution in [3.8, 4) is 0 Å². The van der Waals surface area contributed by atoms with E-state index in [0.717, 1.165) is 16.6 Å². The molecule has 5 N–H and O–H groups in total. The van der Waals surface area contributed by atoms with Crippen molar-refractivity contribution in [2.45, 2.75) is 6.54 Å². The van der Waals surface area contributed by atoms with E-state index >= 15 is 0 Å². The second-order valence-electron chi connectivity index (χ2n) is 2.95. The molecule has 0 bridgehead atoms. The standard InChI is InChI=1S/C9H11N5/c10-9(11)14-5-6-1-3-12-8-7(6)2-4-13-8/h1-4H,5H2,(H,12,13)(H4,10,11,14). The van der Waals surface area contributed by atoms with Gasteiger partial charge in [-0.3, -0.25) is 0 Å². The largest absolute Gasteiger partial charge is 0.370 e. The van der Waals surface area contributed by atoms with E-state index in [9.17, 15) is 0 Å². The molecule has 2 aromatic heterocycles. The summed E-state index contributed by atoms with van der Waals surface area (Å²) < 4.78 is 0. The zero-order valence-corrected chi connectivity index (χ0v) is 7.57. The summed E-state index contributed by atoms with van der Waals surface area (Å²) in [7, 11) is 0. The number of nitrogens with two attached hydrogens (primary N) is 2. The SMILES string of the molecule is NC(N)=NCc1ccnc2[nH]ccc12. The molecule has 72 valence electrons. The first-order valence-electron chi connectivity index (χ1n) is 4.24. The summed E-state index contributed by atoms with van der Waals surface area (Å²) in [5, 5.41) is 1.05. The fourth-order valence-electron chi connectivity index (χ4n) is 1.33. The molecule has 0 atom stereocenters. The number of fused-ring (bicyclic) bond motifs is 1. The molecule has 0 unspecified atom stereocenters. The molecular formula is C9H11N5. The number of nitrogens with zero attached hydrogens (tertiary/aromatic N) is 2. The van der Waals surface area contributed by atoms with Crippen molar-refractivity contribution in [1.29, 1.82) is 0 Å². The zero-order valence-electron chi connectivity index (χ0n) is 7.57. The molecule has 0 radical (unpaired) electrons. The van der Waals surface area contributed by atoms with Crippen LogP contribution in [0, 0.1) is 0 Å². The van der Waals surface area contributed by atoms with Crippen molar-refractivity contribution in [2.75, 3.05) is 0 Å². The Balaban J connectivity index is 2.41. The third kappa shape index (κ3) is 1.52. The molecule has 2 heterocycles. The third-order valence-corrected chi connectivity index (χ3v) is 1.98. The summed E-state index contributed by atoms with van der Waals surface area (Å²) in [4.78, 5) is 11.1. The lowest BCUT2D eigenvalue weighted by molar-refractivity contribution is 1.06. The number of guanidine groups is 1. The van der Waals surface area contributed by atoms with E-state index in [1.165, 1.54) is 0 Å². The second kappa shape index (κ2) is 3.37. The Bertz CT molecular complexity index is 467. The zero-order chi connectivity index (χ0) is 9.97. The minimum Gasteiger partial charge on any atom is -0.370 e. The number of H-pyrrole nitrogens is 1. The Morgan fingerprint density at radius 2 is 2.29 bits per heavy atom. The first kappa shape index (κ1) is 8.55. The number of aromatic amines is 1. The molecule has 0 saturated carbocycles. The number of pyridine rings is 1. The molecule has 5 nitrogen and oxygen atoms in total. The van der Waals surface area contributed by atoms with E-state index in [2.05, 4.69) is 15.0 Å². The van der Waals surface area contributed by atoms with Gasteiger partial charge in [-0.1, -0.05) is 0 Å². The summed E-state index contributed by atoms with van der Waals surface area (Å²) >= 11 is 0. The summed E-state index contributed by atoms with van der Waals surface area (Å²) in [5.41, 5.74) is 12.4. The van der Waals surface area contributed by atoms with Gasteiger partial charge in [-0.05, 0) is 17.7 Å². The highest BCUT2D eigenvalue weighted by atomic mass is 15.0. The van der Waals surface area contributed by atoms with Crippen LogP contribution in [0.5, 0.6) is 0 Å². The van der Waals surface area contributed by atoms with Gasteiger partial charge in [-0.25, -0.2) is 9.98 Å². The maximum absolute atomic E-state index is 5.26. The first-order valence-corrected chi connectivity index (χ1v) is 4.24. The Morgan fingerprint density at radius 1 is 1.43 bits per heavy atom. The normalized spacial score (nSPS) is 10.3. The molecule has 0 aliphatic rings. The minimum atomic E-state index is 0.102. The van der Waals surface area contributed by atoms with Crippen LogP contribution >= 0.6 is 0 Å². The van der Waals surface area contributed by atoms with Crippen LogP contribution in [0.3, 0.4) is 0 Å². The van der Waals surface area contributed by atoms with E-state index in [1.54, 1.807) is 6.20 Å². The van der Waals surface area contributed by atoms with Gasteiger partial charge in [0.1, 0.15) is 5.65 Å². The van der Waals surface area contributed by atoms with Gasteiger partial charge in [-0.15, -0.1) is 0 Å². The lowest BCUT2D eigenvalue weighted by Gasteiger charge is -1.98. The minimum absolute atomic E-state index is 0.102. The predicted molar refractivity (Wildman–Crippen MR) is 55.6 cm³/mol. The average molecular weight is 189 g/mol. The molecular weight excluding hydrogens is 178 g/mol. The highest BCUT2D eigenvalue weighted by Crippen LogP contribution is 2.15. The Kier molecular flexibility index (Phi) is 2.06. The van der Waals surface area contributed by atoms with Crippen molar-refractivity contribution in [1.82, 2.24) is 9.97 Å². The van der Waals surface area contributed by atoms with Crippen LogP contribution in [-0.2, 0) is 6.54 Å². The highest BCUT2D eigenvalue weighted by Gasteiger charge is 2.00. The summed E-state index contributed by atoms with van der Waals surface area (Å²) in [6.07, 6.45) is 3.58. The number of hydrogen-bond acceptors (Lipinski definition) is 2. The maximum atomic E-state index is 5.26. The summed E-state index contributed by atoms with van der Waals surface area (Å²) in [5.74, 6) is 0.102. The van der Waals surface area contributed by atoms with Gasteiger partial charge in [0.25, 0.3) is 0 Å². The fourth-order valence-corrected chi connectivity index (χ4v) is 1.33. The number of rotatable bonds is 2. The van der Waals surface area contributed by atoms with Crippen molar-refractivity contribution >= 4 is 17.0 Å². The van der Waals surface area contributed by atoms with Crippen molar-refractivity contribution in [2.24, 2.45) is 16.5 Å². The molecule has 14 heavy (non-hydrogen) atoms. The number of aliphatic imine (C=N–C) groups is 1. The van der Waals surface area contributed by atoms with E-state index in [1.807, 2.05) is 18.3 Å². The Hall–Kier alpha value is -2.04. The Labute approximate surface area is 80.8 Å². The van der Waals surface area contributed by atoms with E-state index in [-0.39, 0.29) is 5.96 Å². The van der Waals surface area contributed by atoms with Crippen LogP contribution in [0.4, 0.5) is 0 Å². The first-order chi connectivity index (χ1) is 6.77. The molecule has 2 rings (SSSR count). The van der Waals surface area contributed by atoms with Crippen molar-refractivity contribution in [3.05, 3.63) is 30.1 Å². The molecule has 0 fully saturated rings. The molecule has 0 saturated heterocycles. The van der Waals surface area contributed by atoms with Crippen molar-refractivity contribution < 1.29 is 0 Å². The van der Waals surface area contributed by atoms with Crippen LogP contribution in [0.1, 0.15) is 5.56 Å². The van der Waals surface area contributed by atoms with Crippen LogP contribution in [0.15, 0.2) is 29.5 Å². The summed E-state index contributed by atoms with van der Waals surface area (Å²) in [6.45, 7) is 0.485. The predicted octanol–water partition coefficient (Wildman–Crippen LogP) is 0.336. The monoisotopic (exact) mass is 189 g/mol. The lowest BCUT2D eigenvalue weighted by Crippen LogP contribution is -2.22. The third-order valence-electron chi connectivity index (χ3n) is 1.98. The molecule has 0 aliphatic carbocycles. The molecule has 0 spiro atoms. The summed E-state index contributed by atoms with van der Waals surface area (Å²) in [6, 6.07) is 3.86. The number of aromatic nitrogens is 2. The molecule has 5 heteroatoms. The van der Waals surface area contributed by atoms with Crippen LogP contribution in [-0.4, -0.2) is 15.9 Å². The average Bonchev–Trinajstić information content (AvgIpc) is 2.62. The van der Waals surface area contributed by atoms with E-state index in [4.69, 9.17) is 11.5 Å². The maximum Gasteiger partial charge on any atom is 0.186 e. The fraction of sp³-hybridized carbons (Fsp3) is 0.111. The van der Waals surface area contributed by atoms with Crippen LogP contribution in [0.25, 0.3) is 11.0 Å². The number of hydrogen-bond donors (Lipinski definition) is 3. The lowest BCUT2D eigenvalue weighted by atomic mass is 10.2. The quantitative estimate of drug-likeness (QED) is 0.469. The van der Waals surface area contributed by atoms with Gasteiger partial charge in [0.15, 0.2) is 5.96 Å². The molecule has 0 aromatic carbocycles. The van der Waals surface area contributed by atoms with Gasteiger partial charge in [0.05, 0.1) is 6.54 Å². The molecule has 0 amide bonds. The van der Waals surface area contributed by atoms with Crippen molar-refractivity contribution in [3.63, 3.8) is 0 Å². The Morgan fingerprint density at radius 3 is 3.07 bits per heavy atom. The second-order valence-corrected chi connectivity index (χ2v) is 2.95. The molecule has 0 aliphatic heterocycles. The van der Waals surface area contributed by atoms with E-state index < -0.39 is 0 Å². The van der Waals surface area contributed by atoms with Crippen LogP contribution < -0.4 is 11.5 Å². The van der Waals surface area contributed by atoms with Crippen LogP contribution in [0.2, 0.25) is 0 Å². The topological polar surface area (TPSA) is 93.1 Å². The van der Waals surface area contributed by atoms with Gasteiger partial charge in [0, 0.05) is 17.8 Å². The van der Waals surface area contributed by atoms with Gasteiger partial charge >= 0.3 is 0 Å². The molecule has 2 aromatic rings. The highest BCUT2D eigenvalue weighted by molar-refractivity contribution is 5.80. The van der Waals surface area contributed by atoms with Gasteiger partial charge in [0.2, 0.25) is 0 Å². The smallest absolute Gasteiger partial charge is 0.186 e. The number of nitrogens with one attached hydrogen (secondary N) is 1. The van der Waals surface area contributed by atoms with Gasteiger partial charge in [-0.2, -0.15) is 0 Å².